The van der Waals surface area contributed by atoms with Crippen LogP contribution in [0, 0.1) is 35.5 Å². The van der Waals surface area contributed by atoms with Gasteiger partial charge in [0.1, 0.15) is 47.9 Å². The van der Waals surface area contributed by atoms with Crippen LogP contribution in [0.2, 0.25) is 0 Å². The molecule has 9 N–H and O–H groups in total. The van der Waals surface area contributed by atoms with Crippen molar-refractivity contribution in [2.75, 3.05) is 33.3 Å². The van der Waals surface area contributed by atoms with Crippen LogP contribution in [0.1, 0.15) is 155 Å². The highest BCUT2D eigenvalue weighted by atomic mass is 16.6. The molecule has 1 aliphatic rings. The molecular weight excluding hydrogens is 985 g/mol. The first kappa shape index (κ1) is 68.0. The SMILES string of the molecule is COC(=O)[C@@H](NC(=O)[C@@H](NC(=O)CCCNC(=O)[C@H](CC(C)C)NC(=O)CNC(=O)[C@H]1CCCN1C(=O)[C@@H](NC(=O)CCCNC(=O)[C@@H](NC(=O)[C@H](CC(C)C)NC(=O)OC(C)(C)C)C(C)C)C(C)C)C(C)C)C(C)C. The van der Waals surface area contributed by atoms with E-state index in [-0.39, 0.29) is 87.2 Å². The maximum atomic E-state index is 13.9. The molecule has 0 spiro atoms. The first-order chi connectivity index (χ1) is 35.3. The molecule has 10 amide bonds. The molecule has 0 aliphatic carbocycles. The van der Waals surface area contributed by atoms with Gasteiger partial charge in [-0.25, -0.2) is 9.59 Å². The van der Waals surface area contributed by atoms with Gasteiger partial charge in [0.05, 0.1) is 13.7 Å². The van der Waals surface area contributed by atoms with Crippen LogP contribution in [0.15, 0.2) is 0 Å². The normalized spacial score (nSPS) is 16.0. The molecular formula is C53H94N10O13. The van der Waals surface area contributed by atoms with Gasteiger partial charge in [-0.2, -0.15) is 0 Å². The highest BCUT2D eigenvalue weighted by Crippen LogP contribution is 2.21. The van der Waals surface area contributed by atoms with E-state index < -0.39 is 120 Å². The Morgan fingerprint density at radius 2 is 0.987 bits per heavy atom. The summed E-state index contributed by atoms with van der Waals surface area (Å²) < 4.78 is 10.1. The molecule has 434 valence electrons. The van der Waals surface area contributed by atoms with Crippen LogP contribution in [-0.4, -0.2) is 151 Å². The minimum Gasteiger partial charge on any atom is -0.467 e. The Morgan fingerprint density at radius 3 is 1.46 bits per heavy atom. The Hall–Kier alpha value is -6.03. The largest absolute Gasteiger partial charge is 0.467 e. The van der Waals surface area contributed by atoms with Crippen molar-refractivity contribution in [3.8, 4) is 0 Å². The molecule has 0 aromatic heterocycles. The second-order valence-electron chi connectivity index (χ2n) is 22.8. The monoisotopic (exact) mass is 1080 g/mol. The van der Waals surface area contributed by atoms with Crippen molar-refractivity contribution >= 4 is 65.2 Å². The van der Waals surface area contributed by atoms with E-state index in [4.69, 9.17) is 9.47 Å². The van der Waals surface area contributed by atoms with Gasteiger partial charge in [0, 0.05) is 32.5 Å². The van der Waals surface area contributed by atoms with Crippen LogP contribution in [0.4, 0.5) is 4.79 Å². The molecule has 0 bridgehead atoms. The number of carbonyl (C=O) groups is 11. The van der Waals surface area contributed by atoms with Gasteiger partial charge in [-0.15, -0.1) is 0 Å². The fourth-order valence-corrected chi connectivity index (χ4v) is 8.22. The zero-order chi connectivity index (χ0) is 58.2. The van der Waals surface area contributed by atoms with Crippen molar-refractivity contribution in [1.82, 2.24) is 52.8 Å². The van der Waals surface area contributed by atoms with Crippen LogP contribution in [0.3, 0.4) is 0 Å². The summed E-state index contributed by atoms with van der Waals surface area (Å²) in [5.41, 5.74) is -0.775. The zero-order valence-corrected chi connectivity index (χ0v) is 48.2. The molecule has 0 aromatic carbocycles. The Balaban J connectivity index is 2.78. The Bertz CT molecular complexity index is 1970. The van der Waals surface area contributed by atoms with Crippen molar-refractivity contribution in [1.29, 1.82) is 0 Å². The third kappa shape index (κ3) is 25.2. The molecule has 23 heteroatoms. The van der Waals surface area contributed by atoms with E-state index in [1.165, 1.54) is 12.0 Å². The first-order valence-electron chi connectivity index (χ1n) is 27.0. The van der Waals surface area contributed by atoms with E-state index in [0.717, 1.165) is 0 Å². The lowest BCUT2D eigenvalue weighted by molar-refractivity contribution is -0.147. The van der Waals surface area contributed by atoms with Crippen molar-refractivity contribution in [3.63, 3.8) is 0 Å². The molecule has 1 saturated heterocycles. The number of esters is 1. The summed E-state index contributed by atoms with van der Waals surface area (Å²) in [7, 11) is 1.23. The first-order valence-corrected chi connectivity index (χ1v) is 27.0. The Kier molecular flexibility index (Phi) is 29.7. The number of ether oxygens (including phenoxy) is 2. The van der Waals surface area contributed by atoms with Crippen molar-refractivity contribution in [2.24, 2.45) is 35.5 Å². The summed E-state index contributed by atoms with van der Waals surface area (Å²) in [6, 6.07) is -6.53. The number of hydrogen-bond donors (Lipinski definition) is 9. The van der Waals surface area contributed by atoms with Gasteiger partial charge < -0.3 is 62.2 Å². The van der Waals surface area contributed by atoms with Gasteiger partial charge in [-0.1, -0.05) is 83.1 Å². The lowest BCUT2D eigenvalue weighted by atomic mass is 10.00. The van der Waals surface area contributed by atoms with Crippen LogP contribution >= 0.6 is 0 Å². The summed E-state index contributed by atoms with van der Waals surface area (Å²) in [5.74, 6) is -6.35. The average Bonchev–Trinajstić information content (AvgIpc) is 3.81. The molecule has 0 saturated carbocycles. The summed E-state index contributed by atoms with van der Waals surface area (Å²) in [4.78, 5) is 146. The summed E-state index contributed by atoms with van der Waals surface area (Å²) in [6.07, 6.45) is 1.03. The van der Waals surface area contributed by atoms with Gasteiger partial charge in [-0.3, -0.25) is 43.2 Å². The Morgan fingerprint density at radius 1 is 0.526 bits per heavy atom. The van der Waals surface area contributed by atoms with E-state index in [1.54, 1.807) is 76.2 Å². The third-order valence-corrected chi connectivity index (χ3v) is 12.3. The second kappa shape index (κ2) is 33.2. The van der Waals surface area contributed by atoms with Crippen molar-refractivity contribution in [2.45, 2.75) is 203 Å². The zero-order valence-electron chi connectivity index (χ0n) is 48.2. The summed E-state index contributed by atoms with van der Waals surface area (Å²) >= 11 is 0. The molecule has 1 aliphatic heterocycles. The molecule has 0 radical (unpaired) electrons. The molecule has 0 aromatic rings. The summed E-state index contributed by atoms with van der Waals surface area (Å²) in [6.45, 7) is 26.7. The number of methoxy groups -OCH3 is 1. The third-order valence-electron chi connectivity index (χ3n) is 12.3. The number of carbonyl (C=O) groups excluding carboxylic acids is 11. The smallest absolute Gasteiger partial charge is 0.408 e. The number of alkyl carbamates (subject to hydrolysis) is 1. The molecule has 76 heavy (non-hydrogen) atoms. The number of nitrogens with one attached hydrogen (secondary N) is 9. The molecule has 23 nitrogen and oxygen atoms in total. The van der Waals surface area contributed by atoms with E-state index in [9.17, 15) is 52.7 Å². The van der Waals surface area contributed by atoms with Crippen molar-refractivity contribution < 1.29 is 62.2 Å². The lowest BCUT2D eigenvalue weighted by Crippen LogP contribution is -2.56. The minimum atomic E-state index is -0.975. The van der Waals surface area contributed by atoms with E-state index in [2.05, 4.69) is 47.9 Å². The summed E-state index contributed by atoms with van der Waals surface area (Å²) in [5, 5.41) is 24.3. The van der Waals surface area contributed by atoms with Gasteiger partial charge >= 0.3 is 12.1 Å². The van der Waals surface area contributed by atoms with Crippen LogP contribution in [0.25, 0.3) is 0 Å². The van der Waals surface area contributed by atoms with E-state index >= 15 is 0 Å². The highest BCUT2D eigenvalue weighted by Gasteiger charge is 2.39. The number of rotatable bonds is 31. The van der Waals surface area contributed by atoms with Gasteiger partial charge in [-0.05, 0) is 94.8 Å². The predicted octanol–water partition coefficient (Wildman–Crippen LogP) is 2.09. The predicted molar refractivity (Wildman–Crippen MR) is 285 cm³/mol. The van der Waals surface area contributed by atoms with E-state index in [0.29, 0.717) is 19.3 Å². The number of likely N-dealkylation sites (tertiary alicyclic amines) is 1. The number of hydrogen-bond acceptors (Lipinski definition) is 13. The molecule has 1 fully saturated rings. The van der Waals surface area contributed by atoms with Gasteiger partial charge in [0.25, 0.3) is 0 Å². The topological polar surface area (TPSA) is 318 Å². The maximum absolute atomic E-state index is 13.9. The standard InChI is InChI=1S/C53H94N10O13/c1-29(2)26-35(45(67)54-23-17-21-38(64)59-42(32(7)8)49(71)62-44(34(11)12)51(73)75-16)57-40(66)28-56-47(69)37-20-19-25-63(37)50(72)43(33(9)10)60-39(65)22-18-24-55-48(70)41(31(5)6)61-46(68)36(27-30(3)4)58-52(74)76-53(13,14)15/h29-37,41-44H,17-28H2,1-16H3,(H,54,67)(H,55,70)(H,56,69)(H,57,66)(H,58,74)(H,59,64)(H,60,65)(H,61,68)(H,62,71)/t35-,36-,37+,41-,42-,43-,44-/m0/s1. The lowest BCUT2D eigenvalue weighted by Gasteiger charge is -2.30. The van der Waals surface area contributed by atoms with Crippen LogP contribution < -0.4 is 47.9 Å². The molecule has 0 unspecified atom stereocenters. The van der Waals surface area contributed by atoms with Crippen LogP contribution in [0.5, 0.6) is 0 Å². The van der Waals surface area contributed by atoms with Gasteiger partial charge in [0.15, 0.2) is 0 Å². The quantitative estimate of drug-likeness (QED) is 0.0355. The molecule has 1 rings (SSSR count). The van der Waals surface area contributed by atoms with Crippen molar-refractivity contribution in [3.05, 3.63) is 0 Å². The average molecular weight is 1080 g/mol. The number of amides is 10. The molecule has 1 heterocycles. The van der Waals surface area contributed by atoms with Gasteiger partial charge in [0.2, 0.25) is 53.2 Å². The number of nitrogens with zero attached hydrogens (tertiary/aromatic N) is 1. The minimum absolute atomic E-state index is 0.00651. The van der Waals surface area contributed by atoms with Crippen LogP contribution in [-0.2, 0) is 57.4 Å². The fourth-order valence-electron chi connectivity index (χ4n) is 8.22. The fraction of sp³-hybridized carbons (Fsp3) is 0.792. The maximum Gasteiger partial charge on any atom is 0.408 e. The Labute approximate surface area is 450 Å². The van der Waals surface area contributed by atoms with E-state index in [1.807, 2.05) is 27.7 Å². The second-order valence-corrected chi connectivity index (χ2v) is 22.8. The highest BCUT2D eigenvalue weighted by molar-refractivity contribution is 5.95. The molecule has 7 atom stereocenters.